The zero-order chi connectivity index (χ0) is 9.52. The third kappa shape index (κ3) is 3.65. The summed E-state index contributed by atoms with van der Waals surface area (Å²) in [5, 5.41) is 3.38. The fraction of sp³-hybridized carbons (Fsp3) is 1.00. The maximum absolute atomic E-state index is 5.23. The lowest BCUT2D eigenvalue weighted by molar-refractivity contribution is 0.138. The van der Waals surface area contributed by atoms with Crippen LogP contribution in [0.5, 0.6) is 0 Å². The molecular formula is C11H23NO. The molecule has 0 aromatic heterocycles. The molecule has 78 valence electrons. The average molecular weight is 185 g/mol. The van der Waals surface area contributed by atoms with Gasteiger partial charge in [0.15, 0.2) is 0 Å². The number of nitrogens with one attached hydrogen (secondary N) is 1. The molecule has 0 saturated heterocycles. The minimum absolute atomic E-state index is 0.572. The molecule has 2 heteroatoms. The third-order valence-corrected chi connectivity index (χ3v) is 3.19. The number of hydrogen-bond donors (Lipinski definition) is 1. The topological polar surface area (TPSA) is 21.3 Å². The summed E-state index contributed by atoms with van der Waals surface area (Å²) in [6.45, 7) is 0.862. The van der Waals surface area contributed by atoms with E-state index in [9.17, 15) is 0 Å². The first-order chi connectivity index (χ1) is 6.38. The summed E-state index contributed by atoms with van der Waals surface area (Å²) in [4.78, 5) is 0. The molecule has 0 bridgehead atoms. The summed E-state index contributed by atoms with van der Waals surface area (Å²) in [5.41, 5.74) is 0. The predicted molar refractivity (Wildman–Crippen MR) is 55.9 cm³/mol. The Balaban J connectivity index is 2.35. The first-order valence-corrected chi connectivity index (χ1v) is 5.54. The van der Waals surface area contributed by atoms with Crippen molar-refractivity contribution in [3.05, 3.63) is 0 Å². The predicted octanol–water partition coefficient (Wildman–Crippen LogP) is 2.19. The van der Waals surface area contributed by atoms with E-state index in [1.807, 2.05) is 0 Å². The molecule has 1 atom stereocenters. The van der Waals surface area contributed by atoms with Gasteiger partial charge in [-0.2, -0.15) is 0 Å². The van der Waals surface area contributed by atoms with Crippen molar-refractivity contribution in [1.82, 2.24) is 5.32 Å². The number of methoxy groups -OCH3 is 1. The monoisotopic (exact) mass is 185 g/mol. The van der Waals surface area contributed by atoms with E-state index in [4.69, 9.17) is 4.74 Å². The van der Waals surface area contributed by atoms with E-state index in [1.165, 1.54) is 38.5 Å². The van der Waals surface area contributed by atoms with Gasteiger partial charge in [0.2, 0.25) is 0 Å². The summed E-state index contributed by atoms with van der Waals surface area (Å²) in [6, 6.07) is 0.572. The second-order valence-corrected chi connectivity index (χ2v) is 4.10. The second-order valence-electron chi connectivity index (χ2n) is 4.10. The highest BCUT2D eigenvalue weighted by Crippen LogP contribution is 2.25. The number of hydrogen-bond acceptors (Lipinski definition) is 2. The van der Waals surface area contributed by atoms with Gasteiger partial charge in [0, 0.05) is 13.2 Å². The summed E-state index contributed by atoms with van der Waals surface area (Å²) in [6.07, 6.45) is 8.45. The molecule has 0 aromatic rings. The van der Waals surface area contributed by atoms with E-state index in [-0.39, 0.29) is 0 Å². The molecule has 0 heterocycles. The molecule has 0 amide bonds. The van der Waals surface area contributed by atoms with Crippen LogP contribution in [-0.4, -0.2) is 26.8 Å². The molecular weight excluding hydrogens is 162 g/mol. The van der Waals surface area contributed by atoms with E-state index in [1.54, 1.807) is 7.11 Å². The van der Waals surface area contributed by atoms with Crippen molar-refractivity contribution in [2.75, 3.05) is 20.8 Å². The number of rotatable bonds is 4. The average Bonchev–Trinajstić information content (AvgIpc) is 2.42. The Bertz CT molecular complexity index is 119. The van der Waals surface area contributed by atoms with Crippen LogP contribution in [0.2, 0.25) is 0 Å². The van der Waals surface area contributed by atoms with E-state index in [0.717, 1.165) is 12.5 Å². The second kappa shape index (κ2) is 6.39. The van der Waals surface area contributed by atoms with Gasteiger partial charge in [-0.1, -0.05) is 25.7 Å². The molecule has 1 fully saturated rings. The molecule has 0 aliphatic heterocycles. The van der Waals surface area contributed by atoms with Gasteiger partial charge in [0.05, 0.1) is 6.61 Å². The lowest BCUT2D eigenvalue weighted by Gasteiger charge is -2.24. The van der Waals surface area contributed by atoms with Crippen molar-refractivity contribution < 1.29 is 4.74 Å². The van der Waals surface area contributed by atoms with Crippen LogP contribution in [-0.2, 0) is 4.74 Å². The molecule has 1 saturated carbocycles. The fourth-order valence-corrected chi connectivity index (χ4v) is 2.35. The lowest BCUT2D eigenvalue weighted by Crippen LogP contribution is -2.37. The first-order valence-electron chi connectivity index (χ1n) is 5.54. The maximum Gasteiger partial charge on any atom is 0.0618 e. The largest absolute Gasteiger partial charge is 0.383 e. The van der Waals surface area contributed by atoms with Crippen molar-refractivity contribution in [2.45, 2.75) is 44.6 Å². The Morgan fingerprint density at radius 1 is 1.23 bits per heavy atom. The quantitative estimate of drug-likeness (QED) is 0.678. The van der Waals surface area contributed by atoms with Crippen molar-refractivity contribution in [1.29, 1.82) is 0 Å². The van der Waals surface area contributed by atoms with Gasteiger partial charge in [-0.3, -0.25) is 0 Å². The van der Waals surface area contributed by atoms with E-state index in [0.29, 0.717) is 6.04 Å². The van der Waals surface area contributed by atoms with Gasteiger partial charge in [-0.05, 0) is 25.8 Å². The first kappa shape index (κ1) is 11.0. The van der Waals surface area contributed by atoms with E-state index in [2.05, 4.69) is 12.4 Å². The Labute approximate surface area is 82.0 Å². The van der Waals surface area contributed by atoms with Crippen LogP contribution >= 0.6 is 0 Å². The smallest absolute Gasteiger partial charge is 0.0618 e. The van der Waals surface area contributed by atoms with Crippen LogP contribution in [0.3, 0.4) is 0 Å². The molecule has 2 nitrogen and oxygen atoms in total. The third-order valence-electron chi connectivity index (χ3n) is 3.19. The molecule has 1 aliphatic carbocycles. The molecule has 1 aliphatic rings. The summed E-state index contributed by atoms with van der Waals surface area (Å²) in [5.74, 6) is 0.840. The van der Waals surface area contributed by atoms with Gasteiger partial charge < -0.3 is 10.1 Å². The standard InChI is InChI=1S/C11H23NO/c1-12-11(9-13-2)10-7-5-3-4-6-8-10/h10-12H,3-9H2,1-2H3. The summed E-state index contributed by atoms with van der Waals surface area (Å²) < 4.78 is 5.23. The molecule has 0 spiro atoms. The van der Waals surface area contributed by atoms with Crippen LogP contribution < -0.4 is 5.32 Å². The molecule has 0 radical (unpaired) electrons. The molecule has 0 aromatic carbocycles. The highest BCUT2D eigenvalue weighted by Gasteiger charge is 2.20. The molecule has 1 N–H and O–H groups in total. The van der Waals surface area contributed by atoms with Gasteiger partial charge in [-0.15, -0.1) is 0 Å². The normalized spacial score (nSPS) is 22.6. The van der Waals surface area contributed by atoms with E-state index < -0.39 is 0 Å². The minimum Gasteiger partial charge on any atom is -0.383 e. The van der Waals surface area contributed by atoms with Gasteiger partial charge in [0.1, 0.15) is 0 Å². The Hall–Kier alpha value is -0.0800. The maximum atomic E-state index is 5.23. The zero-order valence-electron chi connectivity index (χ0n) is 9.01. The van der Waals surface area contributed by atoms with Gasteiger partial charge in [-0.25, -0.2) is 0 Å². The molecule has 1 rings (SSSR count). The van der Waals surface area contributed by atoms with Crippen molar-refractivity contribution in [2.24, 2.45) is 5.92 Å². The molecule has 13 heavy (non-hydrogen) atoms. The Kier molecular flexibility index (Phi) is 5.40. The van der Waals surface area contributed by atoms with E-state index >= 15 is 0 Å². The fourth-order valence-electron chi connectivity index (χ4n) is 2.35. The van der Waals surface area contributed by atoms with Gasteiger partial charge >= 0.3 is 0 Å². The lowest BCUT2D eigenvalue weighted by atomic mass is 9.92. The van der Waals surface area contributed by atoms with Crippen molar-refractivity contribution >= 4 is 0 Å². The Morgan fingerprint density at radius 3 is 2.31 bits per heavy atom. The number of ether oxygens (including phenoxy) is 1. The van der Waals surface area contributed by atoms with Crippen LogP contribution in [0, 0.1) is 5.92 Å². The summed E-state index contributed by atoms with van der Waals surface area (Å²) >= 11 is 0. The molecule has 1 unspecified atom stereocenters. The van der Waals surface area contributed by atoms with Gasteiger partial charge in [0.25, 0.3) is 0 Å². The summed E-state index contributed by atoms with van der Waals surface area (Å²) in [7, 11) is 3.84. The van der Waals surface area contributed by atoms with Crippen LogP contribution in [0.4, 0.5) is 0 Å². The highest BCUT2D eigenvalue weighted by molar-refractivity contribution is 4.76. The van der Waals surface area contributed by atoms with Crippen LogP contribution in [0.25, 0.3) is 0 Å². The van der Waals surface area contributed by atoms with Crippen molar-refractivity contribution in [3.8, 4) is 0 Å². The van der Waals surface area contributed by atoms with Crippen LogP contribution in [0.15, 0.2) is 0 Å². The Morgan fingerprint density at radius 2 is 1.85 bits per heavy atom. The zero-order valence-corrected chi connectivity index (χ0v) is 9.01. The minimum atomic E-state index is 0.572. The van der Waals surface area contributed by atoms with Crippen molar-refractivity contribution in [3.63, 3.8) is 0 Å². The van der Waals surface area contributed by atoms with Crippen LogP contribution in [0.1, 0.15) is 38.5 Å². The highest BCUT2D eigenvalue weighted by atomic mass is 16.5. The number of likely N-dealkylation sites (N-methyl/N-ethyl adjacent to an activating group) is 1. The SMILES string of the molecule is CNC(COC)C1CCCCCC1.